The Balaban J connectivity index is 0. The summed E-state index contributed by atoms with van der Waals surface area (Å²) >= 11 is 0. The molecule has 0 amide bonds. The monoisotopic (exact) mass is 186 g/mol. The van der Waals surface area contributed by atoms with E-state index in [0.717, 1.165) is 0 Å². The van der Waals surface area contributed by atoms with E-state index in [-0.39, 0.29) is 22.4 Å². The van der Waals surface area contributed by atoms with E-state index < -0.39 is 9.26 Å². The molecule has 0 radical (unpaired) electrons. The van der Waals surface area contributed by atoms with Crippen molar-refractivity contribution in [3.63, 3.8) is 0 Å². The quantitative estimate of drug-likeness (QED) is 0.350. The Bertz CT molecular complexity index is 32.6. The first-order valence-corrected chi connectivity index (χ1v) is 1.79. The number of hydrogen-bond donors (Lipinski definition) is 0. The van der Waals surface area contributed by atoms with E-state index in [9.17, 15) is 4.11 Å². The van der Waals surface area contributed by atoms with E-state index in [1.807, 2.05) is 0 Å². The van der Waals surface area contributed by atoms with Crippen LogP contribution in [-0.4, -0.2) is 9.26 Å². The summed E-state index contributed by atoms with van der Waals surface area (Å²) in [6.07, 6.45) is 0. The van der Waals surface area contributed by atoms with Crippen LogP contribution in [0, 0.1) is 0 Å². The third-order valence-electron chi connectivity index (χ3n) is 0. The van der Waals surface area contributed by atoms with Crippen molar-refractivity contribution in [3.05, 3.63) is 0 Å². The smallest absolute Gasteiger partial charge is 0.560 e. The van der Waals surface area contributed by atoms with Gasteiger partial charge in [0.05, 0.1) is 0 Å². The molecule has 0 heterocycles. The Morgan fingerprint density at radius 1 is 1.80 bits per heavy atom. The fraction of sp³-hybridized carbons (Fsp3) is 0. The number of rotatable bonds is 0. The molecule has 0 aromatic rings. The van der Waals surface area contributed by atoms with Gasteiger partial charge in [0, 0.05) is 0 Å². The van der Waals surface area contributed by atoms with Gasteiger partial charge in [-0.15, -0.1) is 0 Å². The second kappa shape index (κ2) is 4.49. The summed E-state index contributed by atoms with van der Waals surface area (Å²) in [6.45, 7) is 0. The number of hydrogen-bond acceptors (Lipinski definition) is 2. The van der Waals surface area contributed by atoms with E-state index >= 15 is 0 Å². The van der Waals surface area contributed by atoms with Crippen molar-refractivity contribution in [3.8, 4) is 0 Å². The van der Waals surface area contributed by atoms with Crippen molar-refractivity contribution < 1.29 is 35.7 Å². The van der Waals surface area contributed by atoms with Crippen molar-refractivity contribution in [2.45, 2.75) is 0 Å². The average Bonchev–Trinajstić information content (AvgIpc) is 0.811. The Labute approximate surface area is 45.5 Å². The maximum atomic E-state index is 9.99. The van der Waals surface area contributed by atoms with Crippen molar-refractivity contribution in [2.75, 3.05) is 0 Å². The van der Waals surface area contributed by atoms with Crippen molar-refractivity contribution in [1.29, 1.82) is 0 Å². The first-order valence-electron chi connectivity index (χ1n) is 0.597. The van der Waals surface area contributed by atoms with Crippen molar-refractivity contribution in [2.24, 2.45) is 0 Å². The van der Waals surface area contributed by atoms with Crippen LogP contribution in [0.2, 0.25) is 0 Å². The zero-order valence-corrected chi connectivity index (χ0v) is 4.48. The van der Waals surface area contributed by atoms with Gasteiger partial charge < -0.3 is 9.26 Å². The Hall–Kier alpha value is 0.487. The fourth-order valence-corrected chi connectivity index (χ4v) is 0. The minimum atomic E-state index is -3.88. The van der Waals surface area contributed by atoms with Gasteiger partial charge >= 0.3 is 31.6 Å². The van der Waals surface area contributed by atoms with E-state index in [1.54, 1.807) is 0 Å². The Morgan fingerprint density at radius 2 is 1.80 bits per heavy atom. The van der Waals surface area contributed by atoms with Crippen LogP contribution in [0.4, 0.5) is 4.11 Å². The molecule has 0 unspecified atom stereocenters. The summed E-state index contributed by atoms with van der Waals surface area (Å²) in [5.41, 5.74) is 0. The second-order valence-electron chi connectivity index (χ2n) is 0.238. The average molecular weight is 187 g/mol. The molecule has 0 aromatic heterocycles. The molecule has 0 N–H and O–H groups in total. The van der Waals surface area contributed by atoms with Gasteiger partial charge in [-0.2, -0.15) is 0 Å². The second-order valence-corrected chi connectivity index (χ2v) is 0.713. The summed E-state index contributed by atoms with van der Waals surface area (Å²) < 4.78 is 18.4. The molecule has 0 saturated heterocycles. The van der Waals surface area contributed by atoms with Gasteiger partial charge in [-0.25, -0.2) is 0 Å². The van der Waals surface area contributed by atoms with Crippen molar-refractivity contribution >= 4 is 9.26 Å². The predicted octanol–water partition coefficient (Wildman–Crippen LogP) is -1.27. The molecule has 0 atom stereocenters. The molecule has 2 nitrogen and oxygen atoms in total. The van der Waals surface area contributed by atoms with Crippen LogP contribution < -0.4 is 4.80 Å². The maximum absolute atomic E-state index is 9.99. The molecule has 0 aliphatic rings. The van der Waals surface area contributed by atoms with Gasteiger partial charge in [-0.3, -0.25) is 4.11 Å². The summed E-state index contributed by atoms with van der Waals surface area (Å²) in [5.74, 6) is 0. The molecule has 0 rings (SSSR count). The Morgan fingerprint density at radius 3 is 1.80 bits per heavy atom. The molecule has 0 aliphatic carbocycles. The summed E-state index contributed by atoms with van der Waals surface area (Å²) in [7, 11) is -3.88. The number of halogens is 1. The first-order chi connectivity index (χ1) is 1.73. The van der Waals surface area contributed by atoms with E-state index in [0.29, 0.717) is 0 Å². The summed E-state index contributed by atoms with van der Waals surface area (Å²) in [4.78, 5) is 8.41. The molecular weight excluding hydrogens is 187 g/mol. The van der Waals surface area contributed by atoms with Crippen LogP contribution in [0.15, 0.2) is 0 Å². The third-order valence-corrected chi connectivity index (χ3v) is 0. The molecule has 0 aromatic carbocycles. The van der Waals surface area contributed by atoms with Gasteiger partial charge in [-0.05, 0) is 0 Å². The largest absolute Gasteiger partial charge is 1.00 e. The molecule has 34 valence electrons. The van der Waals surface area contributed by atoms with E-state index in [1.165, 1.54) is 0 Å². The van der Waals surface area contributed by atoms with Crippen LogP contribution in [-0.2, 0) is 26.8 Å². The van der Waals surface area contributed by atoms with Gasteiger partial charge in [-0.1, -0.05) is 0 Å². The molecule has 0 spiro atoms. The fourth-order valence-electron chi connectivity index (χ4n) is 0. The van der Waals surface area contributed by atoms with Gasteiger partial charge in [0.1, 0.15) is 0 Å². The Kier molecular flexibility index (Phi) is 8.15. The molecule has 0 aliphatic heterocycles. The van der Waals surface area contributed by atoms with Crippen LogP contribution >= 0.6 is 0 Å². The zero-order valence-electron chi connectivity index (χ0n) is 2.00. The van der Waals surface area contributed by atoms with Crippen LogP contribution in [0.3, 0.4) is 0 Å². The minimum Gasteiger partial charge on any atom is -0.560 e. The molecule has 0 saturated carbocycles. The normalized spacial score (nSPS) is 5.00. The van der Waals surface area contributed by atoms with E-state index in [2.05, 4.69) is 0 Å². The minimum absolute atomic E-state index is 0. The van der Waals surface area contributed by atoms with Crippen molar-refractivity contribution in [1.82, 2.24) is 0 Å². The molecule has 0 fully saturated rings. The van der Waals surface area contributed by atoms with Gasteiger partial charge in [0.25, 0.3) is 0 Å². The van der Waals surface area contributed by atoms with Crippen LogP contribution in [0.1, 0.15) is 0 Å². The first kappa shape index (κ1) is 9.09. The molecular formula is AgFO2Si. The van der Waals surface area contributed by atoms with Crippen LogP contribution in [0.25, 0.3) is 0 Å². The standard InChI is InChI=1S/Ag.FO2Si/c;1-4(2)3/q+1;-1. The van der Waals surface area contributed by atoms with Gasteiger partial charge in [0.15, 0.2) is 0 Å². The summed E-state index contributed by atoms with van der Waals surface area (Å²) in [6, 6.07) is 0. The van der Waals surface area contributed by atoms with Crippen LogP contribution in [0.5, 0.6) is 0 Å². The zero-order chi connectivity index (χ0) is 3.58. The van der Waals surface area contributed by atoms with Gasteiger partial charge in [0.2, 0.25) is 0 Å². The summed E-state index contributed by atoms with van der Waals surface area (Å²) in [5, 5.41) is 0. The van der Waals surface area contributed by atoms with E-state index in [4.69, 9.17) is 9.26 Å². The maximum Gasteiger partial charge on any atom is 1.00 e. The molecule has 5 heteroatoms. The molecule has 5 heavy (non-hydrogen) atoms. The molecule has 0 bridgehead atoms. The third kappa shape index (κ3) is 117. The SMILES string of the molecule is O=[Si]([O-])F.[Ag+]. The predicted molar refractivity (Wildman–Crippen MR) is 7.55 cm³/mol. The topological polar surface area (TPSA) is 40.1 Å².